The lowest BCUT2D eigenvalue weighted by atomic mass is 10.1. The molecule has 1 N–H and O–H groups in total. The third-order valence-electron chi connectivity index (χ3n) is 3.76. The van der Waals surface area contributed by atoms with Gasteiger partial charge in [-0.15, -0.1) is 0 Å². The Bertz CT molecular complexity index is 1080. The Morgan fingerprint density at radius 2 is 1.90 bits per heavy atom. The second kappa shape index (κ2) is 8.14. The van der Waals surface area contributed by atoms with E-state index in [1.807, 2.05) is 0 Å². The van der Waals surface area contributed by atoms with Crippen molar-refractivity contribution in [3.63, 3.8) is 0 Å². The summed E-state index contributed by atoms with van der Waals surface area (Å²) in [5, 5.41) is 11.3. The van der Waals surface area contributed by atoms with Gasteiger partial charge in [0.25, 0.3) is 5.91 Å². The van der Waals surface area contributed by atoms with Crippen LogP contribution in [0.3, 0.4) is 0 Å². The van der Waals surface area contributed by atoms with Gasteiger partial charge in [0.15, 0.2) is 11.5 Å². The van der Waals surface area contributed by atoms with Crippen LogP contribution in [0.5, 0.6) is 17.2 Å². The standard InChI is InChI=1S/C19H11F3N2O3S2/c1-26-15-7-10(8-16-17(25)24-18(28)29-16)2-5-14(15)27-13-4-3-11(9-23)6-12(13)19(20,21)22/h2-8H,1H3,(H,24,25,28). The van der Waals surface area contributed by atoms with Gasteiger partial charge in [0.2, 0.25) is 0 Å². The van der Waals surface area contributed by atoms with Crippen molar-refractivity contribution in [1.82, 2.24) is 5.32 Å². The fourth-order valence-electron chi connectivity index (χ4n) is 2.46. The van der Waals surface area contributed by atoms with Crippen molar-refractivity contribution >= 4 is 40.3 Å². The molecule has 1 aliphatic heterocycles. The lowest BCUT2D eigenvalue weighted by Crippen LogP contribution is -2.17. The number of thioether (sulfide) groups is 1. The van der Waals surface area contributed by atoms with Crippen LogP contribution in [0.4, 0.5) is 13.2 Å². The van der Waals surface area contributed by atoms with E-state index in [4.69, 9.17) is 27.0 Å². The maximum absolute atomic E-state index is 13.3. The van der Waals surface area contributed by atoms with E-state index < -0.39 is 17.5 Å². The van der Waals surface area contributed by atoms with Gasteiger partial charge >= 0.3 is 6.18 Å². The molecule has 0 bridgehead atoms. The number of thiocarbonyl (C=S) groups is 1. The number of nitrogens with one attached hydrogen (secondary N) is 1. The van der Waals surface area contributed by atoms with Gasteiger partial charge in [-0.2, -0.15) is 18.4 Å². The summed E-state index contributed by atoms with van der Waals surface area (Å²) >= 11 is 6.03. The van der Waals surface area contributed by atoms with Gasteiger partial charge in [0.1, 0.15) is 10.1 Å². The lowest BCUT2D eigenvalue weighted by Gasteiger charge is -2.16. The Morgan fingerprint density at radius 3 is 2.48 bits per heavy atom. The maximum Gasteiger partial charge on any atom is 0.420 e. The van der Waals surface area contributed by atoms with Gasteiger partial charge in [-0.1, -0.05) is 30.0 Å². The highest BCUT2D eigenvalue weighted by Gasteiger charge is 2.35. The van der Waals surface area contributed by atoms with Gasteiger partial charge < -0.3 is 14.8 Å². The number of alkyl halides is 3. The first-order chi connectivity index (χ1) is 13.7. The van der Waals surface area contributed by atoms with E-state index in [-0.39, 0.29) is 23.0 Å². The topological polar surface area (TPSA) is 71.3 Å². The molecule has 29 heavy (non-hydrogen) atoms. The van der Waals surface area contributed by atoms with Crippen molar-refractivity contribution in [2.75, 3.05) is 7.11 Å². The first-order valence-electron chi connectivity index (χ1n) is 7.93. The SMILES string of the molecule is COc1cc(C=C2SC(=S)NC2=O)ccc1Oc1ccc(C#N)cc1C(F)(F)F. The van der Waals surface area contributed by atoms with Gasteiger partial charge in [0, 0.05) is 0 Å². The zero-order valence-electron chi connectivity index (χ0n) is 14.7. The number of carbonyl (C=O) groups is 1. The number of nitrogens with zero attached hydrogens (tertiary/aromatic N) is 1. The minimum atomic E-state index is -4.70. The smallest absolute Gasteiger partial charge is 0.420 e. The molecule has 2 aromatic carbocycles. The number of methoxy groups -OCH3 is 1. The zero-order valence-corrected chi connectivity index (χ0v) is 16.3. The highest BCUT2D eigenvalue weighted by Crippen LogP contribution is 2.41. The van der Waals surface area contributed by atoms with Crippen LogP contribution in [0, 0.1) is 11.3 Å². The van der Waals surface area contributed by atoms with Crippen LogP contribution in [0.25, 0.3) is 6.08 Å². The van der Waals surface area contributed by atoms with Gasteiger partial charge in [0.05, 0.1) is 29.2 Å². The number of carbonyl (C=O) groups excluding carboxylic acids is 1. The molecule has 0 unspecified atom stereocenters. The van der Waals surface area contributed by atoms with E-state index in [0.717, 1.165) is 23.9 Å². The van der Waals surface area contributed by atoms with Crippen LogP contribution < -0.4 is 14.8 Å². The summed E-state index contributed by atoms with van der Waals surface area (Å²) in [6.45, 7) is 0. The molecular formula is C19H11F3N2O3S2. The molecule has 0 aliphatic carbocycles. The summed E-state index contributed by atoms with van der Waals surface area (Å²) in [7, 11) is 1.34. The van der Waals surface area contributed by atoms with Crippen LogP contribution in [0.1, 0.15) is 16.7 Å². The molecule has 1 amide bonds. The van der Waals surface area contributed by atoms with Crippen molar-refractivity contribution in [1.29, 1.82) is 5.26 Å². The van der Waals surface area contributed by atoms with Crippen molar-refractivity contribution in [3.05, 3.63) is 58.0 Å². The Morgan fingerprint density at radius 1 is 1.17 bits per heavy atom. The van der Waals surface area contributed by atoms with Gasteiger partial charge in [-0.05, 0) is 42.0 Å². The molecule has 0 spiro atoms. The molecule has 3 rings (SSSR count). The van der Waals surface area contributed by atoms with Gasteiger partial charge in [-0.25, -0.2) is 0 Å². The molecule has 1 heterocycles. The molecule has 1 saturated heterocycles. The van der Waals surface area contributed by atoms with E-state index in [0.29, 0.717) is 14.8 Å². The summed E-state index contributed by atoms with van der Waals surface area (Å²) in [5.74, 6) is -0.574. The number of nitriles is 1. The van der Waals surface area contributed by atoms with E-state index >= 15 is 0 Å². The molecule has 1 aliphatic rings. The summed E-state index contributed by atoms with van der Waals surface area (Å²) < 4.78 is 51.0. The van der Waals surface area contributed by atoms with Crippen molar-refractivity contribution in [2.24, 2.45) is 0 Å². The van der Waals surface area contributed by atoms with Crippen LogP contribution >= 0.6 is 24.0 Å². The molecule has 10 heteroatoms. The Hall–Kier alpha value is -3.03. The first kappa shape index (κ1) is 20.7. The normalized spacial score (nSPS) is 15.2. The molecule has 0 aromatic heterocycles. The second-order valence-electron chi connectivity index (χ2n) is 5.69. The lowest BCUT2D eigenvalue weighted by molar-refractivity contribution is -0.138. The molecule has 2 aromatic rings. The summed E-state index contributed by atoms with van der Waals surface area (Å²) in [6.07, 6.45) is -3.13. The number of hydrogen-bond acceptors (Lipinski definition) is 6. The van der Waals surface area contributed by atoms with Crippen molar-refractivity contribution in [3.8, 4) is 23.3 Å². The quantitative estimate of drug-likeness (QED) is 0.545. The molecule has 0 atom stereocenters. The first-order valence-corrected chi connectivity index (χ1v) is 9.16. The average Bonchev–Trinajstić information content (AvgIpc) is 2.99. The Kier molecular flexibility index (Phi) is 5.81. The van der Waals surface area contributed by atoms with E-state index in [1.165, 1.54) is 25.3 Å². The van der Waals surface area contributed by atoms with Crippen LogP contribution in [0.15, 0.2) is 41.3 Å². The van der Waals surface area contributed by atoms with E-state index in [2.05, 4.69) is 5.32 Å². The number of halogens is 3. The number of amides is 1. The predicted octanol–water partition coefficient (Wildman–Crippen LogP) is 4.87. The zero-order chi connectivity index (χ0) is 21.2. The largest absolute Gasteiger partial charge is 0.493 e. The fourth-order valence-corrected chi connectivity index (χ4v) is 3.50. The molecule has 5 nitrogen and oxygen atoms in total. The van der Waals surface area contributed by atoms with Crippen LogP contribution in [-0.4, -0.2) is 17.3 Å². The highest BCUT2D eigenvalue weighted by atomic mass is 32.2. The Labute approximate surface area is 173 Å². The third-order valence-corrected chi connectivity index (χ3v) is 4.92. The molecule has 148 valence electrons. The minimum absolute atomic E-state index is 0.0453. The minimum Gasteiger partial charge on any atom is -0.493 e. The van der Waals surface area contributed by atoms with Crippen molar-refractivity contribution in [2.45, 2.75) is 6.18 Å². The summed E-state index contributed by atoms with van der Waals surface area (Å²) in [6, 6.07) is 9.22. The predicted molar refractivity (Wildman–Crippen MR) is 106 cm³/mol. The summed E-state index contributed by atoms with van der Waals surface area (Å²) in [4.78, 5) is 12.1. The highest BCUT2D eigenvalue weighted by molar-refractivity contribution is 8.26. The molecular weight excluding hydrogens is 425 g/mol. The Balaban J connectivity index is 1.95. The number of ether oxygens (including phenoxy) is 2. The number of rotatable bonds is 4. The third kappa shape index (κ3) is 4.70. The number of benzene rings is 2. The monoisotopic (exact) mass is 436 g/mol. The molecule has 0 saturated carbocycles. The molecule has 0 radical (unpaired) electrons. The number of hydrogen-bond donors (Lipinski definition) is 1. The second-order valence-corrected chi connectivity index (χ2v) is 7.40. The maximum atomic E-state index is 13.3. The van der Waals surface area contributed by atoms with E-state index in [9.17, 15) is 18.0 Å². The molecule has 1 fully saturated rings. The van der Waals surface area contributed by atoms with Crippen LogP contribution in [0.2, 0.25) is 0 Å². The average molecular weight is 436 g/mol. The van der Waals surface area contributed by atoms with E-state index in [1.54, 1.807) is 18.2 Å². The van der Waals surface area contributed by atoms with Gasteiger partial charge in [-0.3, -0.25) is 4.79 Å². The van der Waals surface area contributed by atoms with Crippen LogP contribution in [-0.2, 0) is 11.0 Å². The fraction of sp³-hybridized carbons (Fsp3) is 0.105. The van der Waals surface area contributed by atoms with Crippen molar-refractivity contribution < 1.29 is 27.4 Å². The summed E-state index contributed by atoms with van der Waals surface area (Å²) in [5.41, 5.74) is -0.631.